The van der Waals surface area contributed by atoms with Crippen molar-refractivity contribution in [3.63, 3.8) is 0 Å². The average Bonchev–Trinajstić information content (AvgIpc) is 2.18. The van der Waals surface area contributed by atoms with E-state index < -0.39 is 0 Å². The van der Waals surface area contributed by atoms with Gasteiger partial charge >= 0.3 is 0 Å². The van der Waals surface area contributed by atoms with E-state index in [4.69, 9.17) is 0 Å². The summed E-state index contributed by atoms with van der Waals surface area (Å²) in [5, 5.41) is 0. The molecule has 0 unspecified atom stereocenters. The molecule has 2 heteroatoms. The summed E-state index contributed by atoms with van der Waals surface area (Å²) in [5.74, 6) is 1.27. The summed E-state index contributed by atoms with van der Waals surface area (Å²) in [6.45, 7) is 4.00. The van der Waals surface area contributed by atoms with Crippen LogP contribution in [-0.2, 0) is 0 Å². The van der Waals surface area contributed by atoms with Crippen molar-refractivity contribution in [3.05, 3.63) is 29.8 Å². The first-order valence-corrected chi connectivity index (χ1v) is 5.52. The van der Waals surface area contributed by atoms with Gasteiger partial charge in [0.1, 0.15) is 0 Å². The zero-order valence-corrected chi connectivity index (χ0v) is 8.86. The number of hydrogen-bond donors (Lipinski definition) is 0. The van der Waals surface area contributed by atoms with Crippen molar-refractivity contribution in [2.24, 2.45) is 0 Å². The minimum absolute atomic E-state index is 0.221. The Kier molecular flexibility index (Phi) is 4.03. The van der Waals surface area contributed by atoms with Crippen molar-refractivity contribution >= 4 is 17.5 Å². The number of carbonyl (C=O) groups is 1. The fourth-order valence-electron chi connectivity index (χ4n) is 1.13. The van der Waals surface area contributed by atoms with Gasteiger partial charge in [-0.2, -0.15) is 0 Å². The van der Waals surface area contributed by atoms with Crippen LogP contribution in [0.3, 0.4) is 0 Å². The third kappa shape index (κ3) is 2.88. The molecule has 1 aromatic carbocycles. The molecule has 0 aliphatic carbocycles. The van der Waals surface area contributed by atoms with Crippen LogP contribution in [0.2, 0.25) is 0 Å². The highest BCUT2D eigenvalue weighted by atomic mass is 32.2. The van der Waals surface area contributed by atoms with Crippen LogP contribution < -0.4 is 0 Å². The van der Waals surface area contributed by atoms with E-state index in [1.54, 1.807) is 11.8 Å². The van der Waals surface area contributed by atoms with Crippen LogP contribution in [0.1, 0.15) is 30.6 Å². The van der Waals surface area contributed by atoms with Crippen molar-refractivity contribution in [1.82, 2.24) is 0 Å². The summed E-state index contributed by atoms with van der Waals surface area (Å²) in [6.07, 6.45) is 0.584. The molecule has 0 N–H and O–H groups in total. The van der Waals surface area contributed by atoms with Gasteiger partial charge in [-0.1, -0.05) is 26.0 Å². The number of Topliss-reactive ketones (excluding diaryl/α,β-unsaturated/α-hetero) is 1. The van der Waals surface area contributed by atoms with Crippen molar-refractivity contribution in [3.8, 4) is 0 Å². The van der Waals surface area contributed by atoms with Crippen LogP contribution in [0.5, 0.6) is 0 Å². The van der Waals surface area contributed by atoms with Gasteiger partial charge in [-0.15, -0.1) is 11.8 Å². The second kappa shape index (κ2) is 5.07. The molecule has 0 aromatic heterocycles. The van der Waals surface area contributed by atoms with Gasteiger partial charge in [0.2, 0.25) is 0 Å². The lowest BCUT2D eigenvalue weighted by Gasteiger charge is -2.01. The van der Waals surface area contributed by atoms with Crippen LogP contribution >= 0.6 is 11.8 Å². The zero-order chi connectivity index (χ0) is 9.68. The van der Waals surface area contributed by atoms with E-state index in [9.17, 15) is 4.79 Å². The van der Waals surface area contributed by atoms with E-state index >= 15 is 0 Å². The molecule has 0 saturated heterocycles. The van der Waals surface area contributed by atoms with Crippen LogP contribution in [0.4, 0.5) is 0 Å². The van der Waals surface area contributed by atoms with Crippen molar-refractivity contribution in [1.29, 1.82) is 0 Å². The standard InChI is InChI=1S/C11H14OS/c1-3-11(12)9-6-5-7-10(8-9)13-4-2/h5-8H,3-4H2,1-2H3. The van der Waals surface area contributed by atoms with Gasteiger partial charge in [-0.05, 0) is 17.9 Å². The smallest absolute Gasteiger partial charge is 0.162 e. The average molecular weight is 194 g/mol. The number of thioether (sulfide) groups is 1. The predicted octanol–water partition coefficient (Wildman–Crippen LogP) is 3.39. The molecular weight excluding hydrogens is 180 g/mol. The van der Waals surface area contributed by atoms with Gasteiger partial charge in [0.05, 0.1) is 0 Å². The molecule has 0 amide bonds. The second-order valence-electron chi connectivity index (χ2n) is 2.74. The highest BCUT2D eigenvalue weighted by molar-refractivity contribution is 7.99. The maximum Gasteiger partial charge on any atom is 0.162 e. The summed E-state index contributed by atoms with van der Waals surface area (Å²) in [6, 6.07) is 7.84. The predicted molar refractivity (Wildman–Crippen MR) is 57.5 cm³/mol. The van der Waals surface area contributed by atoms with Gasteiger partial charge in [-0.25, -0.2) is 0 Å². The minimum atomic E-state index is 0.221. The lowest BCUT2D eigenvalue weighted by molar-refractivity contribution is 0.0988. The number of ketones is 1. The molecule has 1 nitrogen and oxygen atoms in total. The molecule has 0 aliphatic rings. The molecule has 0 fully saturated rings. The summed E-state index contributed by atoms with van der Waals surface area (Å²) < 4.78 is 0. The fourth-order valence-corrected chi connectivity index (χ4v) is 1.85. The van der Waals surface area contributed by atoms with E-state index in [0.29, 0.717) is 6.42 Å². The molecule has 0 spiro atoms. The zero-order valence-electron chi connectivity index (χ0n) is 8.04. The fraction of sp³-hybridized carbons (Fsp3) is 0.364. The Morgan fingerprint density at radius 1 is 1.38 bits per heavy atom. The molecule has 0 radical (unpaired) electrons. The largest absolute Gasteiger partial charge is 0.294 e. The molecule has 70 valence electrons. The number of benzene rings is 1. The molecule has 13 heavy (non-hydrogen) atoms. The molecule has 0 bridgehead atoms. The Morgan fingerprint density at radius 3 is 2.77 bits per heavy atom. The third-order valence-electron chi connectivity index (χ3n) is 1.79. The summed E-state index contributed by atoms with van der Waals surface area (Å²) in [5.41, 5.74) is 0.834. The van der Waals surface area contributed by atoms with E-state index in [1.165, 1.54) is 4.90 Å². The molecule has 0 heterocycles. The molecule has 1 rings (SSSR count). The third-order valence-corrected chi connectivity index (χ3v) is 2.66. The normalized spacial score (nSPS) is 10.0. The highest BCUT2D eigenvalue weighted by Crippen LogP contribution is 2.19. The maximum atomic E-state index is 11.4. The van der Waals surface area contributed by atoms with Crippen molar-refractivity contribution in [2.45, 2.75) is 25.2 Å². The first-order valence-electron chi connectivity index (χ1n) is 4.54. The molecular formula is C11H14OS. The Morgan fingerprint density at radius 2 is 2.15 bits per heavy atom. The first kappa shape index (κ1) is 10.3. The van der Waals surface area contributed by atoms with Gasteiger partial charge < -0.3 is 0 Å². The number of hydrogen-bond acceptors (Lipinski definition) is 2. The van der Waals surface area contributed by atoms with Crippen LogP contribution in [-0.4, -0.2) is 11.5 Å². The monoisotopic (exact) mass is 194 g/mol. The van der Waals surface area contributed by atoms with Crippen molar-refractivity contribution in [2.75, 3.05) is 5.75 Å². The summed E-state index contributed by atoms with van der Waals surface area (Å²) >= 11 is 1.77. The topological polar surface area (TPSA) is 17.1 Å². The van der Waals surface area contributed by atoms with Gasteiger partial charge in [0, 0.05) is 16.9 Å². The Hall–Kier alpha value is -0.760. The Bertz CT molecular complexity index is 294. The van der Waals surface area contributed by atoms with Gasteiger partial charge in [0.15, 0.2) is 5.78 Å². The summed E-state index contributed by atoms with van der Waals surface area (Å²) in [4.78, 5) is 12.5. The Labute approximate surface area is 83.5 Å². The second-order valence-corrected chi connectivity index (χ2v) is 4.08. The number of rotatable bonds is 4. The van der Waals surface area contributed by atoms with Crippen molar-refractivity contribution < 1.29 is 4.79 Å². The summed E-state index contributed by atoms with van der Waals surface area (Å²) in [7, 11) is 0. The molecule has 1 aromatic rings. The first-order chi connectivity index (χ1) is 6.27. The molecule has 0 aliphatic heterocycles. The van der Waals surface area contributed by atoms with Gasteiger partial charge in [-0.3, -0.25) is 4.79 Å². The van der Waals surface area contributed by atoms with Crippen LogP contribution in [0.25, 0.3) is 0 Å². The molecule has 0 saturated carbocycles. The SMILES string of the molecule is CCSc1cccc(C(=O)CC)c1. The van der Waals surface area contributed by atoms with Crippen LogP contribution in [0.15, 0.2) is 29.2 Å². The van der Waals surface area contributed by atoms with Gasteiger partial charge in [0.25, 0.3) is 0 Å². The molecule has 0 atom stereocenters. The highest BCUT2D eigenvalue weighted by Gasteiger charge is 2.02. The quantitative estimate of drug-likeness (QED) is 0.540. The lowest BCUT2D eigenvalue weighted by atomic mass is 10.1. The number of carbonyl (C=O) groups excluding carboxylic acids is 1. The van der Waals surface area contributed by atoms with E-state index in [1.807, 2.05) is 31.2 Å². The van der Waals surface area contributed by atoms with E-state index in [0.717, 1.165) is 11.3 Å². The van der Waals surface area contributed by atoms with E-state index in [-0.39, 0.29) is 5.78 Å². The van der Waals surface area contributed by atoms with E-state index in [2.05, 4.69) is 6.92 Å². The Balaban J connectivity index is 2.85. The van der Waals surface area contributed by atoms with Crippen LogP contribution in [0, 0.1) is 0 Å². The lowest BCUT2D eigenvalue weighted by Crippen LogP contribution is -1.95. The maximum absolute atomic E-state index is 11.4. The minimum Gasteiger partial charge on any atom is -0.294 e.